The van der Waals surface area contributed by atoms with Crippen molar-refractivity contribution < 1.29 is 23.9 Å². The average molecular weight is 487 g/mol. The summed E-state index contributed by atoms with van der Waals surface area (Å²) in [5.74, 6) is -0.487. The van der Waals surface area contributed by atoms with E-state index >= 15 is 0 Å². The van der Waals surface area contributed by atoms with Gasteiger partial charge < -0.3 is 29.5 Å². The van der Waals surface area contributed by atoms with Gasteiger partial charge in [0, 0.05) is 44.5 Å². The number of methoxy groups -OCH3 is 1. The molecule has 0 aromatic heterocycles. The molecule has 1 N–H and O–H groups in total. The van der Waals surface area contributed by atoms with Gasteiger partial charge in [-0.3, -0.25) is 14.4 Å². The van der Waals surface area contributed by atoms with Crippen molar-refractivity contribution in [2.75, 3.05) is 57.9 Å². The number of anilines is 1. The van der Waals surface area contributed by atoms with Crippen molar-refractivity contribution in [2.45, 2.75) is 51.5 Å². The summed E-state index contributed by atoms with van der Waals surface area (Å²) >= 11 is 0. The quantitative estimate of drug-likeness (QED) is 0.590. The van der Waals surface area contributed by atoms with Crippen LogP contribution < -0.4 is 10.2 Å². The van der Waals surface area contributed by atoms with Crippen LogP contribution in [0.25, 0.3) is 0 Å². The molecule has 1 aromatic rings. The van der Waals surface area contributed by atoms with Gasteiger partial charge in [-0.25, -0.2) is 0 Å². The van der Waals surface area contributed by atoms with Crippen LogP contribution in [0.1, 0.15) is 37.6 Å². The molecule has 3 aliphatic rings. The first-order valence-electron chi connectivity index (χ1n) is 12.7. The Morgan fingerprint density at radius 2 is 1.83 bits per heavy atom. The standard InChI is InChI=1S/C26H38N4O5/c1-5-28-10-12-29(13-11-28)19-8-6-18(7-9-19)25(32)27-20(14-17(2)3)26(33)30-15-22(34-4)24-23(30)21(31)16-35-24/h6-9,17,20,22-24H,5,10-16H2,1-4H3,(H,27,32)/t20?,22-,23+,24+/m0/s1. The van der Waals surface area contributed by atoms with Crippen molar-refractivity contribution in [3.05, 3.63) is 29.8 Å². The summed E-state index contributed by atoms with van der Waals surface area (Å²) in [7, 11) is 1.56. The highest BCUT2D eigenvalue weighted by atomic mass is 16.5. The number of hydrogen-bond acceptors (Lipinski definition) is 7. The zero-order chi connectivity index (χ0) is 25.1. The number of carbonyl (C=O) groups excluding carboxylic acids is 3. The first-order valence-corrected chi connectivity index (χ1v) is 12.7. The largest absolute Gasteiger partial charge is 0.377 e. The van der Waals surface area contributed by atoms with Gasteiger partial charge in [-0.2, -0.15) is 0 Å². The smallest absolute Gasteiger partial charge is 0.251 e. The molecule has 3 aliphatic heterocycles. The average Bonchev–Trinajstić information content (AvgIpc) is 3.43. The molecule has 1 aromatic carbocycles. The molecule has 4 rings (SSSR count). The number of rotatable bonds is 8. The third kappa shape index (κ3) is 5.52. The SMILES string of the molecule is CCN1CCN(c2ccc(C(=O)NC(CC(C)C)C(=O)N3C[C@H](OC)[C@H]4OCC(=O)[C@H]43)cc2)CC1. The van der Waals surface area contributed by atoms with Crippen LogP contribution in [0.3, 0.4) is 0 Å². The highest BCUT2D eigenvalue weighted by Crippen LogP contribution is 2.30. The van der Waals surface area contributed by atoms with E-state index in [1.54, 1.807) is 12.0 Å². The topological polar surface area (TPSA) is 91.4 Å². The van der Waals surface area contributed by atoms with Gasteiger partial charge in [0.1, 0.15) is 30.9 Å². The highest BCUT2D eigenvalue weighted by molar-refractivity contribution is 5.99. The molecule has 192 valence electrons. The van der Waals surface area contributed by atoms with E-state index < -0.39 is 18.2 Å². The number of likely N-dealkylation sites (N-methyl/N-ethyl adjacent to an activating group) is 1. The molecule has 9 heteroatoms. The zero-order valence-corrected chi connectivity index (χ0v) is 21.2. The number of hydrogen-bond donors (Lipinski definition) is 1. The molecule has 35 heavy (non-hydrogen) atoms. The van der Waals surface area contributed by atoms with Crippen molar-refractivity contribution >= 4 is 23.3 Å². The minimum Gasteiger partial charge on any atom is -0.377 e. The maximum atomic E-state index is 13.5. The van der Waals surface area contributed by atoms with Crippen molar-refractivity contribution in [3.8, 4) is 0 Å². The third-order valence-electron chi connectivity index (χ3n) is 7.35. The van der Waals surface area contributed by atoms with Crippen LogP contribution in [0.2, 0.25) is 0 Å². The van der Waals surface area contributed by atoms with Gasteiger partial charge in [-0.1, -0.05) is 20.8 Å². The van der Waals surface area contributed by atoms with E-state index in [0.29, 0.717) is 12.0 Å². The Kier molecular flexibility index (Phi) is 8.09. The third-order valence-corrected chi connectivity index (χ3v) is 7.35. The molecule has 0 bridgehead atoms. The Hall–Kier alpha value is -2.49. The summed E-state index contributed by atoms with van der Waals surface area (Å²) < 4.78 is 11.1. The minimum absolute atomic E-state index is 0.0139. The van der Waals surface area contributed by atoms with Gasteiger partial charge in [-0.15, -0.1) is 0 Å². The minimum atomic E-state index is -0.728. The van der Waals surface area contributed by atoms with Gasteiger partial charge in [0.2, 0.25) is 5.91 Å². The van der Waals surface area contributed by atoms with Gasteiger partial charge in [0.05, 0.1) is 6.54 Å². The van der Waals surface area contributed by atoms with Crippen molar-refractivity contribution in [2.24, 2.45) is 5.92 Å². The van der Waals surface area contributed by atoms with E-state index in [-0.39, 0.29) is 42.8 Å². The number of carbonyl (C=O) groups is 3. The second kappa shape index (κ2) is 11.1. The van der Waals surface area contributed by atoms with Gasteiger partial charge in [0.25, 0.3) is 5.91 Å². The Bertz CT molecular complexity index is 913. The van der Waals surface area contributed by atoms with Gasteiger partial charge >= 0.3 is 0 Å². The van der Waals surface area contributed by atoms with E-state index in [9.17, 15) is 14.4 Å². The number of amides is 2. The van der Waals surface area contributed by atoms with E-state index in [4.69, 9.17) is 9.47 Å². The number of likely N-dealkylation sites (tertiary alicyclic amines) is 1. The van der Waals surface area contributed by atoms with Crippen LogP contribution in [0.5, 0.6) is 0 Å². The number of ketones is 1. The summed E-state index contributed by atoms with van der Waals surface area (Å²) in [5, 5.41) is 2.94. The molecule has 3 fully saturated rings. The fourth-order valence-electron chi connectivity index (χ4n) is 5.33. The fourth-order valence-corrected chi connectivity index (χ4v) is 5.33. The molecule has 0 radical (unpaired) electrons. The lowest BCUT2D eigenvalue weighted by Crippen LogP contribution is -2.52. The number of piperazine rings is 1. The first-order chi connectivity index (χ1) is 16.8. The first kappa shape index (κ1) is 25.6. The van der Waals surface area contributed by atoms with E-state index in [1.807, 2.05) is 38.1 Å². The summed E-state index contributed by atoms with van der Waals surface area (Å²) in [4.78, 5) is 45.4. The molecule has 2 amide bonds. The van der Waals surface area contributed by atoms with Crippen LogP contribution in [0, 0.1) is 5.92 Å². The summed E-state index contributed by atoms with van der Waals surface area (Å²) in [6.45, 7) is 11.5. The molecular formula is C26H38N4O5. The van der Waals surface area contributed by atoms with Crippen LogP contribution in [-0.4, -0.2) is 105 Å². The molecule has 0 aliphatic carbocycles. The van der Waals surface area contributed by atoms with Crippen molar-refractivity contribution in [1.82, 2.24) is 15.1 Å². The Labute approximate surface area is 207 Å². The van der Waals surface area contributed by atoms with Crippen LogP contribution in [0.15, 0.2) is 24.3 Å². The maximum absolute atomic E-state index is 13.5. The normalized spacial score (nSPS) is 25.7. The summed E-state index contributed by atoms with van der Waals surface area (Å²) in [6, 6.07) is 6.20. The molecule has 4 atom stereocenters. The van der Waals surface area contributed by atoms with Crippen molar-refractivity contribution in [1.29, 1.82) is 0 Å². The highest BCUT2D eigenvalue weighted by Gasteiger charge is 2.53. The van der Waals surface area contributed by atoms with Crippen LogP contribution in [0.4, 0.5) is 5.69 Å². The second-order valence-corrected chi connectivity index (χ2v) is 10.1. The molecule has 3 heterocycles. The number of benzene rings is 1. The van der Waals surface area contributed by atoms with E-state index in [2.05, 4.69) is 22.0 Å². The lowest BCUT2D eigenvalue weighted by atomic mass is 10.0. The second-order valence-electron chi connectivity index (χ2n) is 10.1. The Balaban J connectivity index is 1.43. The van der Waals surface area contributed by atoms with Crippen molar-refractivity contribution in [3.63, 3.8) is 0 Å². The molecular weight excluding hydrogens is 448 g/mol. The molecule has 0 spiro atoms. The Morgan fingerprint density at radius 3 is 2.43 bits per heavy atom. The number of Topliss-reactive ketones (excluding diaryl/α,β-unsaturated/α-hetero) is 1. The number of fused-ring (bicyclic) bond motifs is 1. The predicted octanol–water partition coefficient (Wildman–Crippen LogP) is 1.17. The lowest BCUT2D eigenvalue weighted by molar-refractivity contribution is -0.138. The maximum Gasteiger partial charge on any atom is 0.251 e. The number of nitrogens with one attached hydrogen (secondary N) is 1. The van der Waals surface area contributed by atoms with Gasteiger partial charge in [-0.05, 0) is 43.1 Å². The molecule has 3 saturated heterocycles. The molecule has 0 saturated carbocycles. The number of nitrogens with zero attached hydrogens (tertiary/aromatic N) is 3. The summed E-state index contributed by atoms with van der Waals surface area (Å²) in [6.07, 6.45) is -0.318. The van der Waals surface area contributed by atoms with Gasteiger partial charge in [0.15, 0.2) is 5.78 Å². The van der Waals surface area contributed by atoms with E-state index in [0.717, 1.165) is 38.4 Å². The number of ether oxygens (including phenoxy) is 2. The fraction of sp³-hybridized carbons (Fsp3) is 0.654. The molecule has 9 nitrogen and oxygen atoms in total. The predicted molar refractivity (Wildman–Crippen MR) is 133 cm³/mol. The van der Waals surface area contributed by atoms with Crippen LogP contribution >= 0.6 is 0 Å². The molecule has 1 unspecified atom stereocenters. The lowest BCUT2D eigenvalue weighted by Gasteiger charge is -2.35. The monoisotopic (exact) mass is 486 g/mol. The summed E-state index contributed by atoms with van der Waals surface area (Å²) in [5.41, 5.74) is 1.61. The van der Waals surface area contributed by atoms with E-state index in [1.165, 1.54) is 0 Å². The van der Waals surface area contributed by atoms with Crippen LogP contribution in [-0.2, 0) is 19.1 Å². The zero-order valence-electron chi connectivity index (χ0n) is 21.2. The Morgan fingerprint density at radius 1 is 1.14 bits per heavy atom.